The topological polar surface area (TPSA) is 78.3 Å². The van der Waals surface area contributed by atoms with Crippen molar-refractivity contribution in [3.8, 4) is 0 Å². The lowest BCUT2D eigenvalue weighted by Crippen LogP contribution is -2.38. The summed E-state index contributed by atoms with van der Waals surface area (Å²) < 4.78 is 14.9. The third kappa shape index (κ3) is 6.71. The molecule has 25 heavy (non-hydrogen) atoms. The van der Waals surface area contributed by atoms with E-state index in [9.17, 15) is 4.55 Å². The van der Waals surface area contributed by atoms with Crippen molar-refractivity contribution in [1.29, 1.82) is 0 Å². The summed E-state index contributed by atoms with van der Waals surface area (Å²) in [6, 6.07) is 17.6. The Balaban J connectivity index is 1.95. The van der Waals surface area contributed by atoms with E-state index in [1.807, 2.05) is 34.6 Å². The molecule has 0 bridgehead atoms. The highest BCUT2D eigenvalue weighted by molar-refractivity contribution is 7.89. The lowest BCUT2D eigenvalue weighted by atomic mass is 10.0. The number of hydrogen-bond donors (Lipinski definition) is 2. The molecule has 0 heterocycles. The molecule has 0 saturated heterocycles. The summed E-state index contributed by atoms with van der Waals surface area (Å²) in [4.78, 5) is 0.784. The Labute approximate surface area is 154 Å². The fourth-order valence-corrected chi connectivity index (χ4v) is 4.08. The van der Waals surface area contributed by atoms with Gasteiger partial charge in [-0.25, -0.2) is 0 Å². The van der Waals surface area contributed by atoms with E-state index in [2.05, 4.69) is 26.0 Å². The van der Waals surface area contributed by atoms with Crippen molar-refractivity contribution in [3.63, 3.8) is 0 Å². The van der Waals surface area contributed by atoms with E-state index >= 15 is 0 Å². The highest BCUT2D eigenvalue weighted by Crippen LogP contribution is 2.19. The molecule has 2 atom stereocenters. The lowest BCUT2D eigenvalue weighted by molar-refractivity contribution is 0.351. The van der Waals surface area contributed by atoms with Crippen LogP contribution in [0.25, 0.3) is 0 Å². The van der Waals surface area contributed by atoms with Crippen LogP contribution in [0.3, 0.4) is 0 Å². The van der Waals surface area contributed by atoms with E-state index in [1.165, 1.54) is 5.56 Å². The summed E-state index contributed by atoms with van der Waals surface area (Å²) in [5.74, 6) is 0.433. The fourth-order valence-electron chi connectivity index (χ4n) is 2.71. The van der Waals surface area contributed by atoms with Gasteiger partial charge in [0.1, 0.15) is 0 Å². The molecule has 136 valence electrons. The third-order valence-electron chi connectivity index (χ3n) is 3.98. The minimum Gasteiger partial charge on any atom is -0.593 e. The van der Waals surface area contributed by atoms with E-state index < -0.39 is 11.4 Å². The molecule has 0 aromatic heterocycles. The molecule has 0 aliphatic heterocycles. The summed E-state index contributed by atoms with van der Waals surface area (Å²) in [6.45, 7) is 5.76. The maximum Gasteiger partial charge on any atom is 0.174 e. The second-order valence-electron chi connectivity index (χ2n) is 6.84. The van der Waals surface area contributed by atoms with Crippen LogP contribution < -0.4 is 11.5 Å². The van der Waals surface area contributed by atoms with Crippen molar-refractivity contribution in [2.75, 3.05) is 18.8 Å². The number of nitrogen functional groups attached to an aromatic ring is 1. The van der Waals surface area contributed by atoms with Crippen LogP contribution in [0.5, 0.6) is 0 Å². The van der Waals surface area contributed by atoms with E-state index in [0.29, 0.717) is 18.2 Å². The second kappa shape index (κ2) is 9.82. The van der Waals surface area contributed by atoms with Gasteiger partial charge in [-0.2, -0.15) is 0 Å². The molecular weight excluding hydrogens is 330 g/mol. The first-order chi connectivity index (χ1) is 12.0. The zero-order valence-corrected chi connectivity index (χ0v) is 15.9. The van der Waals surface area contributed by atoms with E-state index in [1.54, 1.807) is 12.1 Å². The first kappa shape index (κ1) is 19.8. The quantitative estimate of drug-likeness (QED) is 0.532. The van der Waals surface area contributed by atoms with Crippen molar-refractivity contribution in [3.05, 3.63) is 60.2 Å². The van der Waals surface area contributed by atoms with Crippen LogP contribution in [-0.2, 0) is 17.8 Å². The number of rotatable bonds is 9. The average molecular weight is 360 g/mol. The normalized spacial score (nSPS) is 14.0. The predicted octanol–water partition coefficient (Wildman–Crippen LogP) is 3.21. The summed E-state index contributed by atoms with van der Waals surface area (Å²) in [7, 11) is 0. The number of hydrogen-bond acceptors (Lipinski definition) is 4. The summed E-state index contributed by atoms with van der Waals surface area (Å²) in [6.07, 6.45) is 1.65. The maximum absolute atomic E-state index is 12.9. The molecule has 0 radical (unpaired) electrons. The van der Waals surface area contributed by atoms with Gasteiger partial charge in [-0.15, -0.1) is 4.31 Å². The van der Waals surface area contributed by atoms with Crippen molar-refractivity contribution >= 4 is 17.0 Å². The van der Waals surface area contributed by atoms with Crippen LogP contribution >= 0.6 is 0 Å². The largest absolute Gasteiger partial charge is 0.593 e. The van der Waals surface area contributed by atoms with Crippen LogP contribution in [0.1, 0.15) is 25.8 Å². The fraction of sp³-hybridized carbons (Fsp3) is 0.400. The molecule has 0 aliphatic carbocycles. The Bertz CT molecular complexity index is 619. The lowest BCUT2D eigenvalue weighted by Gasteiger charge is -2.26. The van der Waals surface area contributed by atoms with Crippen molar-refractivity contribution in [2.45, 2.75) is 37.6 Å². The van der Waals surface area contributed by atoms with E-state index in [-0.39, 0.29) is 6.04 Å². The van der Waals surface area contributed by atoms with Gasteiger partial charge in [0.05, 0.1) is 11.4 Å². The number of anilines is 1. The highest BCUT2D eigenvalue weighted by atomic mass is 32.2. The molecule has 5 heteroatoms. The summed E-state index contributed by atoms with van der Waals surface area (Å²) in [5.41, 5.74) is 13.9. The van der Waals surface area contributed by atoms with Crippen LogP contribution in [0.15, 0.2) is 59.5 Å². The van der Waals surface area contributed by atoms with Gasteiger partial charge in [-0.1, -0.05) is 44.2 Å². The molecule has 2 unspecified atom stereocenters. The first-order valence-corrected chi connectivity index (χ1v) is 9.88. The molecule has 0 spiro atoms. The van der Waals surface area contributed by atoms with Crippen molar-refractivity contribution in [1.82, 2.24) is 4.31 Å². The highest BCUT2D eigenvalue weighted by Gasteiger charge is 2.24. The SMILES string of the molecule is CC(C)CN(CCC(N)Cc1ccccc1)[S+]([O-])c1ccc(N)cc1. The molecule has 4 N–H and O–H groups in total. The summed E-state index contributed by atoms with van der Waals surface area (Å²) >= 11 is -1.19. The van der Waals surface area contributed by atoms with Crippen molar-refractivity contribution < 1.29 is 4.55 Å². The van der Waals surface area contributed by atoms with Crippen molar-refractivity contribution in [2.24, 2.45) is 11.7 Å². The number of benzene rings is 2. The second-order valence-corrected chi connectivity index (χ2v) is 8.32. The summed E-state index contributed by atoms with van der Waals surface area (Å²) in [5, 5.41) is 0. The van der Waals surface area contributed by atoms with Crippen LogP contribution in [0, 0.1) is 5.92 Å². The third-order valence-corrected chi connectivity index (χ3v) is 5.45. The van der Waals surface area contributed by atoms with E-state index in [0.717, 1.165) is 24.3 Å². The van der Waals surface area contributed by atoms with Gasteiger partial charge in [0.25, 0.3) is 0 Å². The minimum atomic E-state index is -1.19. The Morgan fingerprint density at radius 3 is 2.28 bits per heavy atom. The molecule has 0 fully saturated rings. The number of nitrogens with zero attached hydrogens (tertiary/aromatic N) is 1. The Morgan fingerprint density at radius 1 is 1.04 bits per heavy atom. The van der Waals surface area contributed by atoms with Gasteiger partial charge in [0.2, 0.25) is 0 Å². The minimum absolute atomic E-state index is 0.0560. The molecule has 0 amide bonds. The van der Waals surface area contributed by atoms with Gasteiger partial charge in [0, 0.05) is 24.8 Å². The van der Waals surface area contributed by atoms with Gasteiger partial charge in [-0.3, -0.25) is 0 Å². The van der Waals surface area contributed by atoms with Crippen LogP contribution in [0.4, 0.5) is 5.69 Å². The first-order valence-electron chi connectivity index (χ1n) is 8.77. The van der Waals surface area contributed by atoms with Gasteiger partial charge in [-0.05, 0) is 48.6 Å². The van der Waals surface area contributed by atoms with Crippen LogP contribution in [-0.4, -0.2) is 28.0 Å². The average Bonchev–Trinajstić information content (AvgIpc) is 2.59. The molecule has 4 nitrogen and oxygen atoms in total. The Kier molecular flexibility index (Phi) is 7.78. The van der Waals surface area contributed by atoms with E-state index in [4.69, 9.17) is 11.5 Å². The molecule has 0 aliphatic rings. The van der Waals surface area contributed by atoms with Crippen LogP contribution in [0.2, 0.25) is 0 Å². The monoisotopic (exact) mass is 359 g/mol. The molecule has 2 aromatic carbocycles. The Morgan fingerprint density at radius 2 is 1.68 bits per heavy atom. The molecular formula is C20H29N3OS. The molecule has 2 aromatic rings. The number of nitrogens with two attached hydrogens (primary N) is 2. The smallest absolute Gasteiger partial charge is 0.174 e. The zero-order chi connectivity index (χ0) is 18.2. The van der Waals surface area contributed by atoms with Gasteiger partial charge in [0.15, 0.2) is 4.90 Å². The molecule has 0 saturated carbocycles. The Hall–Kier alpha value is -1.53. The zero-order valence-electron chi connectivity index (χ0n) is 15.1. The predicted molar refractivity (Wildman–Crippen MR) is 106 cm³/mol. The maximum atomic E-state index is 12.9. The standard InChI is InChI=1S/C20H29N3OS/c1-16(2)15-23(25(24)20-10-8-18(21)9-11-20)13-12-19(22)14-17-6-4-3-5-7-17/h3-11,16,19H,12-15,21-22H2,1-2H3. The van der Waals surface area contributed by atoms with Gasteiger partial charge >= 0.3 is 0 Å². The molecule has 2 rings (SSSR count). The van der Waals surface area contributed by atoms with Gasteiger partial charge < -0.3 is 16.0 Å².